The Morgan fingerprint density at radius 1 is 1.00 bits per heavy atom. The van der Waals surface area contributed by atoms with Crippen molar-refractivity contribution < 1.29 is 18.7 Å². The highest BCUT2D eigenvalue weighted by molar-refractivity contribution is 5.99. The average molecular weight is 524 g/mol. The molecule has 0 saturated heterocycles. The van der Waals surface area contributed by atoms with Gasteiger partial charge in [0.1, 0.15) is 17.1 Å². The van der Waals surface area contributed by atoms with Crippen molar-refractivity contribution in [1.29, 1.82) is 0 Å². The second-order valence-electron chi connectivity index (χ2n) is 9.04. The molecule has 5 rings (SSSR count). The molecule has 7 nitrogen and oxygen atoms in total. The Hall–Kier alpha value is -4.85. The molecule has 0 atom stereocenters. The van der Waals surface area contributed by atoms with Gasteiger partial charge in [0.25, 0.3) is 0 Å². The zero-order valence-electron chi connectivity index (χ0n) is 21.7. The van der Waals surface area contributed by atoms with Crippen LogP contribution in [0.2, 0.25) is 0 Å². The minimum absolute atomic E-state index is 0.0409. The van der Waals surface area contributed by atoms with Crippen LogP contribution in [0.5, 0.6) is 17.4 Å². The van der Waals surface area contributed by atoms with E-state index in [0.29, 0.717) is 57.3 Å². The van der Waals surface area contributed by atoms with Gasteiger partial charge in [-0.3, -0.25) is 14.6 Å². The highest BCUT2D eigenvalue weighted by Gasteiger charge is 2.21. The number of aromatic amines is 1. The molecule has 0 unspecified atom stereocenters. The van der Waals surface area contributed by atoms with Crippen molar-refractivity contribution in [2.24, 2.45) is 0 Å². The molecule has 5 aromatic rings. The average Bonchev–Trinajstić information content (AvgIpc) is 2.94. The number of hydrogen-bond acceptors (Lipinski definition) is 6. The van der Waals surface area contributed by atoms with Crippen LogP contribution in [-0.2, 0) is 12.8 Å². The molecule has 0 amide bonds. The molecule has 0 bridgehead atoms. The zero-order chi connectivity index (χ0) is 27.5. The molecule has 39 heavy (non-hydrogen) atoms. The number of carbonyl (C=O) groups is 1. The number of Topliss-reactive ketones (excluding diaryl/α,β-unsaturated/α-hetero) is 1. The Morgan fingerprint density at radius 3 is 2.44 bits per heavy atom. The summed E-state index contributed by atoms with van der Waals surface area (Å²) in [6, 6.07) is 18.1. The lowest BCUT2D eigenvalue weighted by Gasteiger charge is -2.13. The van der Waals surface area contributed by atoms with E-state index in [1.807, 2.05) is 13.0 Å². The third-order valence-electron chi connectivity index (χ3n) is 6.48. The smallest absolute Gasteiger partial charge is 0.213 e. The molecule has 0 radical (unpaired) electrons. The molecule has 8 heteroatoms. The Labute approximate surface area is 224 Å². The molecule has 2 aromatic carbocycles. The Morgan fingerprint density at radius 2 is 1.74 bits per heavy atom. The maximum atomic E-state index is 13.5. The van der Waals surface area contributed by atoms with E-state index < -0.39 is 5.82 Å². The summed E-state index contributed by atoms with van der Waals surface area (Å²) >= 11 is 0. The first-order valence-corrected chi connectivity index (χ1v) is 12.5. The monoisotopic (exact) mass is 523 g/mol. The van der Waals surface area contributed by atoms with E-state index in [-0.39, 0.29) is 23.2 Å². The molecular formula is C31H26FN3O4. The number of methoxy groups -OCH3 is 1. The maximum Gasteiger partial charge on any atom is 0.213 e. The molecule has 0 aliphatic rings. The normalized spacial score (nSPS) is 11.0. The van der Waals surface area contributed by atoms with Crippen LogP contribution in [0.25, 0.3) is 22.2 Å². The van der Waals surface area contributed by atoms with Crippen LogP contribution in [0.1, 0.15) is 34.2 Å². The van der Waals surface area contributed by atoms with Crippen LogP contribution in [-0.4, -0.2) is 27.8 Å². The lowest BCUT2D eigenvalue weighted by Crippen LogP contribution is -2.23. The third-order valence-corrected chi connectivity index (χ3v) is 6.48. The topological polar surface area (TPSA) is 94.2 Å². The van der Waals surface area contributed by atoms with Gasteiger partial charge in [0.05, 0.1) is 18.2 Å². The summed E-state index contributed by atoms with van der Waals surface area (Å²) in [6.45, 7) is 3.67. The minimum Gasteiger partial charge on any atom is -0.481 e. The number of nitrogens with zero attached hydrogens (tertiary/aromatic N) is 2. The van der Waals surface area contributed by atoms with Gasteiger partial charge < -0.3 is 14.5 Å². The number of nitrogens with one attached hydrogen (secondary N) is 1. The minimum atomic E-state index is -0.394. The van der Waals surface area contributed by atoms with Crippen molar-refractivity contribution in [2.75, 3.05) is 7.11 Å². The molecule has 0 fully saturated rings. The Kier molecular flexibility index (Phi) is 7.19. The summed E-state index contributed by atoms with van der Waals surface area (Å²) in [4.78, 5) is 38.9. The molecule has 0 aliphatic carbocycles. The highest BCUT2D eigenvalue weighted by Crippen LogP contribution is 2.29. The van der Waals surface area contributed by atoms with Gasteiger partial charge in [-0.25, -0.2) is 9.37 Å². The Balaban J connectivity index is 1.40. The first kappa shape index (κ1) is 25.8. The Bertz CT molecular complexity index is 1730. The van der Waals surface area contributed by atoms with Crippen molar-refractivity contribution in [3.63, 3.8) is 0 Å². The van der Waals surface area contributed by atoms with Crippen LogP contribution in [0.3, 0.4) is 0 Å². The number of aryl methyl sites for hydroxylation is 2. The fraction of sp³-hybridized carbons (Fsp3) is 0.161. The molecule has 0 aliphatic heterocycles. The summed E-state index contributed by atoms with van der Waals surface area (Å²) in [5.74, 6) is 0.852. The van der Waals surface area contributed by atoms with E-state index in [2.05, 4.69) is 15.0 Å². The molecule has 0 saturated carbocycles. The number of benzene rings is 2. The van der Waals surface area contributed by atoms with E-state index in [9.17, 15) is 14.0 Å². The van der Waals surface area contributed by atoms with Gasteiger partial charge in [0.2, 0.25) is 11.3 Å². The van der Waals surface area contributed by atoms with Crippen molar-refractivity contribution in [2.45, 2.75) is 26.7 Å². The van der Waals surface area contributed by atoms with Crippen LogP contribution in [0, 0.1) is 12.7 Å². The third kappa shape index (κ3) is 5.27. The predicted octanol–water partition coefficient (Wildman–Crippen LogP) is 6.22. The fourth-order valence-electron chi connectivity index (χ4n) is 4.56. The molecule has 196 valence electrons. The fourth-order valence-corrected chi connectivity index (χ4v) is 4.56. The number of aromatic nitrogens is 3. The van der Waals surface area contributed by atoms with Gasteiger partial charge in [0.15, 0.2) is 11.5 Å². The van der Waals surface area contributed by atoms with Gasteiger partial charge in [-0.2, -0.15) is 0 Å². The van der Waals surface area contributed by atoms with Gasteiger partial charge in [0, 0.05) is 41.7 Å². The van der Waals surface area contributed by atoms with E-state index in [4.69, 9.17) is 9.47 Å². The summed E-state index contributed by atoms with van der Waals surface area (Å²) < 4.78 is 24.7. The summed E-state index contributed by atoms with van der Waals surface area (Å²) in [6.07, 6.45) is 2.18. The number of H-pyrrole nitrogens is 1. The zero-order valence-corrected chi connectivity index (χ0v) is 21.7. The van der Waals surface area contributed by atoms with Crippen molar-refractivity contribution in [3.8, 4) is 28.5 Å². The SMILES string of the molecule is CCc1[nH]c(C)c(-c2ccc(F)cc2)c(=O)c1C(=O)Cc1ccc(Oc2ccnc3ccc(OC)nc23)cc1. The number of halogens is 1. The molecule has 3 aromatic heterocycles. The van der Waals surface area contributed by atoms with Crippen LogP contribution in [0.15, 0.2) is 77.7 Å². The van der Waals surface area contributed by atoms with Gasteiger partial charge in [-0.15, -0.1) is 0 Å². The summed E-state index contributed by atoms with van der Waals surface area (Å²) in [5, 5.41) is 0. The van der Waals surface area contributed by atoms with Gasteiger partial charge in [-0.05, 0) is 54.8 Å². The second kappa shape index (κ2) is 10.9. The predicted molar refractivity (Wildman–Crippen MR) is 147 cm³/mol. The van der Waals surface area contributed by atoms with E-state index in [1.165, 1.54) is 12.1 Å². The van der Waals surface area contributed by atoms with Gasteiger partial charge in [-0.1, -0.05) is 31.2 Å². The van der Waals surface area contributed by atoms with E-state index >= 15 is 0 Å². The van der Waals surface area contributed by atoms with Crippen molar-refractivity contribution in [3.05, 3.63) is 111 Å². The molecule has 0 spiro atoms. The first-order chi connectivity index (χ1) is 18.9. The first-order valence-electron chi connectivity index (χ1n) is 12.5. The quantitative estimate of drug-likeness (QED) is 0.243. The summed E-state index contributed by atoms with van der Waals surface area (Å²) in [5.41, 5.74) is 3.90. The van der Waals surface area contributed by atoms with Crippen LogP contribution >= 0.6 is 0 Å². The van der Waals surface area contributed by atoms with Crippen molar-refractivity contribution >= 4 is 16.8 Å². The molecule has 1 N–H and O–H groups in total. The maximum absolute atomic E-state index is 13.5. The number of ketones is 1. The van der Waals surface area contributed by atoms with Crippen LogP contribution in [0.4, 0.5) is 4.39 Å². The number of hydrogen-bond donors (Lipinski definition) is 1. The largest absolute Gasteiger partial charge is 0.481 e. The number of pyridine rings is 3. The van der Waals surface area contributed by atoms with Crippen molar-refractivity contribution in [1.82, 2.24) is 15.0 Å². The van der Waals surface area contributed by atoms with E-state index in [1.54, 1.807) is 68.8 Å². The standard InChI is InChI=1S/C31H26FN3O4/c1-4-23-29(31(37)28(18(2)34-23)20-7-9-21(32)10-8-20)25(36)17-19-5-11-22(12-6-19)39-26-15-16-33-24-13-14-27(38-3)35-30(24)26/h5-16H,4,17H2,1-3H3,(H,34,37). The van der Waals surface area contributed by atoms with E-state index in [0.717, 1.165) is 5.56 Å². The van der Waals surface area contributed by atoms with Crippen LogP contribution < -0.4 is 14.9 Å². The summed E-state index contributed by atoms with van der Waals surface area (Å²) in [7, 11) is 1.54. The lowest BCUT2D eigenvalue weighted by molar-refractivity contribution is 0.0990. The highest BCUT2D eigenvalue weighted by atomic mass is 19.1. The molecule has 3 heterocycles. The van der Waals surface area contributed by atoms with Gasteiger partial charge >= 0.3 is 0 Å². The number of ether oxygens (including phenoxy) is 2. The molecular weight excluding hydrogens is 497 g/mol. The number of rotatable bonds is 8. The lowest BCUT2D eigenvalue weighted by atomic mass is 9.94. The number of fused-ring (bicyclic) bond motifs is 1. The number of carbonyl (C=O) groups excluding carboxylic acids is 1. The second-order valence-corrected chi connectivity index (χ2v) is 9.04.